The molecule has 0 amide bonds. The topological polar surface area (TPSA) is 62.5 Å². The van der Waals surface area contributed by atoms with E-state index in [4.69, 9.17) is 4.42 Å². The Hall–Kier alpha value is -1.29. The SMILES string of the molecule is CC1CC1c1ccc(CNCC2CCCCC2C(=O)O)o1. The molecule has 4 heteroatoms. The van der Waals surface area contributed by atoms with Crippen molar-refractivity contribution in [3.8, 4) is 0 Å². The van der Waals surface area contributed by atoms with Gasteiger partial charge < -0.3 is 14.8 Å². The lowest BCUT2D eigenvalue weighted by Gasteiger charge is -2.28. The summed E-state index contributed by atoms with van der Waals surface area (Å²) in [6.45, 7) is 3.72. The van der Waals surface area contributed by atoms with Crippen LogP contribution in [0.4, 0.5) is 0 Å². The molecule has 21 heavy (non-hydrogen) atoms. The van der Waals surface area contributed by atoms with Crippen LogP contribution in [0.25, 0.3) is 0 Å². The molecule has 4 unspecified atom stereocenters. The van der Waals surface area contributed by atoms with Gasteiger partial charge in [0.2, 0.25) is 0 Å². The zero-order chi connectivity index (χ0) is 14.8. The number of carboxylic acid groups (broad SMARTS) is 1. The van der Waals surface area contributed by atoms with Crippen LogP contribution < -0.4 is 5.32 Å². The summed E-state index contributed by atoms with van der Waals surface area (Å²) < 4.78 is 5.86. The molecule has 2 N–H and O–H groups in total. The first kappa shape index (κ1) is 14.6. The van der Waals surface area contributed by atoms with E-state index in [-0.39, 0.29) is 11.8 Å². The number of hydrogen-bond acceptors (Lipinski definition) is 3. The molecule has 116 valence electrons. The van der Waals surface area contributed by atoms with Gasteiger partial charge in [-0.25, -0.2) is 0 Å². The van der Waals surface area contributed by atoms with E-state index in [0.29, 0.717) is 12.5 Å². The fraction of sp³-hybridized carbons (Fsp3) is 0.706. The van der Waals surface area contributed by atoms with E-state index >= 15 is 0 Å². The molecule has 2 aliphatic carbocycles. The number of furan rings is 1. The minimum absolute atomic E-state index is 0.175. The smallest absolute Gasteiger partial charge is 0.306 e. The zero-order valence-corrected chi connectivity index (χ0v) is 12.7. The fourth-order valence-electron chi connectivity index (χ4n) is 3.57. The van der Waals surface area contributed by atoms with E-state index in [1.807, 2.05) is 6.07 Å². The van der Waals surface area contributed by atoms with Crippen molar-refractivity contribution in [2.24, 2.45) is 17.8 Å². The second-order valence-corrected chi connectivity index (χ2v) is 6.74. The molecule has 1 heterocycles. The van der Waals surface area contributed by atoms with E-state index in [2.05, 4.69) is 18.3 Å². The van der Waals surface area contributed by atoms with Crippen LogP contribution in [-0.2, 0) is 11.3 Å². The van der Waals surface area contributed by atoms with Crippen LogP contribution in [0.5, 0.6) is 0 Å². The van der Waals surface area contributed by atoms with E-state index in [9.17, 15) is 9.90 Å². The van der Waals surface area contributed by atoms with Crippen molar-refractivity contribution in [1.29, 1.82) is 0 Å². The monoisotopic (exact) mass is 291 g/mol. The van der Waals surface area contributed by atoms with Gasteiger partial charge >= 0.3 is 5.97 Å². The molecular weight excluding hydrogens is 266 g/mol. The van der Waals surface area contributed by atoms with Gasteiger partial charge in [0.05, 0.1) is 12.5 Å². The quantitative estimate of drug-likeness (QED) is 0.843. The maximum Gasteiger partial charge on any atom is 0.306 e. The van der Waals surface area contributed by atoms with Crippen molar-refractivity contribution in [3.63, 3.8) is 0 Å². The van der Waals surface area contributed by atoms with Gasteiger partial charge in [-0.05, 0) is 49.8 Å². The second kappa shape index (κ2) is 6.22. The Balaban J connectivity index is 1.46. The zero-order valence-electron chi connectivity index (χ0n) is 12.7. The molecule has 0 aliphatic heterocycles. The molecule has 0 radical (unpaired) electrons. The number of carboxylic acids is 1. The molecular formula is C17H25NO3. The molecule has 3 rings (SSSR count). The van der Waals surface area contributed by atoms with E-state index < -0.39 is 5.97 Å². The van der Waals surface area contributed by atoms with Crippen LogP contribution >= 0.6 is 0 Å². The van der Waals surface area contributed by atoms with Crippen LogP contribution in [0, 0.1) is 17.8 Å². The summed E-state index contributed by atoms with van der Waals surface area (Å²) in [5, 5.41) is 12.7. The van der Waals surface area contributed by atoms with Gasteiger partial charge in [0.15, 0.2) is 0 Å². The number of hydrogen-bond donors (Lipinski definition) is 2. The Morgan fingerprint density at radius 2 is 2.14 bits per heavy atom. The van der Waals surface area contributed by atoms with Gasteiger partial charge in [-0.15, -0.1) is 0 Å². The highest BCUT2D eigenvalue weighted by atomic mass is 16.4. The van der Waals surface area contributed by atoms with Crippen LogP contribution in [0.1, 0.15) is 56.5 Å². The van der Waals surface area contributed by atoms with Crippen molar-refractivity contribution in [1.82, 2.24) is 5.32 Å². The first-order valence-electron chi connectivity index (χ1n) is 8.17. The van der Waals surface area contributed by atoms with Crippen molar-refractivity contribution < 1.29 is 14.3 Å². The Kier molecular flexibility index (Phi) is 4.34. The van der Waals surface area contributed by atoms with Gasteiger partial charge in [0.1, 0.15) is 11.5 Å². The normalized spacial score (nSPS) is 32.0. The van der Waals surface area contributed by atoms with Crippen molar-refractivity contribution in [3.05, 3.63) is 23.7 Å². The second-order valence-electron chi connectivity index (χ2n) is 6.74. The van der Waals surface area contributed by atoms with Crippen LogP contribution in [0.2, 0.25) is 0 Å². The van der Waals surface area contributed by atoms with Crippen molar-refractivity contribution in [2.75, 3.05) is 6.54 Å². The molecule has 2 fully saturated rings. The maximum atomic E-state index is 11.3. The van der Waals surface area contributed by atoms with Crippen molar-refractivity contribution >= 4 is 5.97 Å². The predicted molar refractivity (Wildman–Crippen MR) is 80.0 cm³/mol. The predicted octanol–water partition coefficient (Wildman–Crippen LogP) is 3.38. The molecule has 4 nitrogen and oxygen atoms in total. The highest BCUT2D eigenvalue weighted by molar-refractivity contribution is 5.70. The van der Waals surface area contributed by atoms with Gasteiger partial charge in [-0.3, -0.25) is 4.79 Å². The summed E-state index contributed by atoms with van der Waals surface area (Å²) in [5.41, 5.74) is 0. The van der Waals surface area contributed by atoms with E-state index in [0.717, 1.165) is 49.7 Å². The Morgan fingerprint density at radius 3 is 2.86 bits per heavy atom. The first-order chi connectivity index (χ1) is 10.1. The molecule has 1 aromatic heterocycles. The molecule has 1 aromatic rings. The maximum absolute atomic E-state index is 11.3. The third kappa shape index (κ3) is 3.49. The van der Waals surface area contributed by atoms with E-state index in [1.54, 1.807) is 0 Å². The van der Waals surface area contributed by atoms with Crippen LogP contribution in [0.15, 0.2) is 16.5 Å². The number of rotatable bonds is 6. The molecule has 0 aromatic carbocycles. The molecule has 2 aliphatic rings. The lowest BCUT2D eigenvalue weighted by Crippen LogP contribution is -2.34. The molecule has 2 saturated carbocycles. The number of aliphatic carboxylic acids is 1. The minimum atomic E-state index is -0.635. The third-order valence-corrected chi connectivity index (χ3v) is 5.09. The number of carbonyl (C=O) groups is 1. The Morgan fingerprint density at radius 1 is 1.38 bits per heavy atom. The van der Waals surface area contributed by atoms with Crippen LogP contribution in [-0.4, -0.2) is 17.6 Å². The summed E-state index contributed by atoms with van der Waals surface area (Å²) in [4.78, 5) is 11.3. The third-order valence-electron chi connectivity index (χ3n) is 5.09. The molecule has 0 bridgehead atoms. The van der Waals surface area contributed by atoms with Gasteiger partial charge in [0.25, 0.3) is 0 Å². The van der Waals surface area contributed by atoms with Crippen LogP contribution in [0.3, 0.4) is 0 Å². The average Bonchev–Trinajstić information content (AvgIpc) is 3.01. The summed E-state index contributed by atoms with van der Waals surface area (Å²) >= 11 is 0. The van der Waals surface area contributed by atoms with Crippen molar-refractivity contribution in [2.45, 2.75) is 51.5 Å². The first-order valence-corrected chi connectivity index (χ1v) is 8.17. The largest absolute Gasteiger partial charge is 0.481 e. The summed E-state index contributed by atoms with van der Waals surface area (Å²) in [7, 11) is 0. The van der Waals surface area contributed by atoms with Gasteiger partial charge in [0, 0.05) is 5.92 Å². The summed E-state index contributed by atoms with van der Waals surface area (Å²) in [6.07, 6.45) is 5.29. The highest BCUT2D eigenvalue weighted by Gasteiger charge is 2.36. The molecule has 0 saturated heterocycles. The average molecular weight is 291 g/mol. The summed E-state index contributed by atoms with van der Waals surface area (Å²) in [5.74, 6) is 2.90. The minimum Gasteiger partial charge on any atom is -0.481 e. The summed E-state index contributed by atoms with van der Waals surface area (Å²) in [6, 6.07) is 4.13. The molecule has 4 atom stereocenters. The Bertz CT molecular complexity index is 496. The standard InChI is InChI=1S/C17H25NO3/c1-11-8-15(11)16-7-6-13(21-16)10-18-9-12-4-2-3-5-14(12)17(19)20/h6-7,11-12,14-15,18H,2-5,8-10H2,1H3,(H,19,20). The van der Waals surface area contributed by atoms with E-state index in [1.165, 1.54) is 6.42 Å². The highest BCUT2D eigenvalue weighted by Crippen LogP contribution is 2.47. The fourth-order valence-corrected chi connectivity index (χ4v) is 3.57. The molecule has 0 spiro atoms. The lowest BCUT2D eigenvalue weighted by molar-refractivity contribution is -0.144. The number of nitrogens with one attached hydrogen (secondary N) is 1. The van der Waals surface area contributed by atoms with Gasteiger partial charge in [-0.1, -0.05) is 19.8 Å². The van der Waals surface area contributed by atoms with Gasteiger partial charge in [-0.2, -0.15) is 0 Å². The lowest BCUT2D eigenvalue weighted by atomic mass is 9.79. The Labute approximate surface area is 125 Å².